The fourth-order valence-corrected chi connectivity index (χ4v) is 3.22. The molecular formula is C16H21NO3. The Kier molecular flexibility index (Phi) is 3.01. The maximum atomic E-state index is 10.1. The number of nitrogens with zero attached hydrogens (tertiary/aromatic N) is 1. The van der Waals surface area contributed by atoms with E-state index >= 15 is 0 Å². The minimum absolute atomic E-state index is 0.142. The summed E-state index contributed by atoms with van der Waals surface area (Å²) < 4.78 is 6.21. The first-order valence-corrected chi connectivity index (χ1v) is 7.19. The molecule has 1 unspecified atom stereocenters. The number of ether oxygens (including phenoxy) is 1. The summed E-state index contributed by atoms with van der Waals surface area (Å²) in [6.07, 6.45) is 3.21. The van der Waals surface area contributed by atoms with E-state index in [-0.39, 0.29) is 11.4 Å². The summed E-state index contributed by atoms with van der Waals surface area (Å²) in [5, 5.41) is 19.8. The van der Waals surface area contributed by atoms with Gasteiger partial charge in [0.25, 0.3) is 0 Å². The van der Waals surface area contributed by atoms with Gasteiger partial charge < -0.3 is 14.9 Å². The number of aryl methyl sites for hydroxylation is 1. The lowest BCUT2D eigenvalue weighted by Crippen LogP contribution is -2.48. The van der Waals surface area contributed by atoms with E-state index in [1.807, 2.05) is 19.9 Å². The van der Waals surface area contributed by atoms with Gasteiger partial charge in [0, 0.05) is 17.5 Å². The van der Waals surface area contributed by atoms with Crippen molar-refractivity contribution in [1.29, 1.82) is 0 Å². The summed E-state index contributed by atoms with van der Waals surface area (Å²) in [6.45, 7) is 5.40. The lowest BCUT2D eigenvalue weighted by atomic mass is 9.73. The van der Waals surface area contributed by atoms with Gasteiger partial charge in [0.1, 0.15) is 23.3 Å². The third-order valence-electron chi connectivity index (χ3n) is 4.41. The van der Waals surface area contributed by atoms with Crippen molar-refractivity contribution in [2.45, 2.75) is 58.3 Å². The van der Waals surface area contributed by atoms with Crippen LogP contribution in [0.5, 0.6) is 11.5 Å². The van der Waals surface area contributed by atoms with E-state index in [1.54, 1.807) is 6.92 Å². The first-order valence-electron chi connectivity index (χ1n) is 7.19. The Morgan fingerprint density at radius 3 is 2.60 bits per heavy atom. The second-order valence-electron chi connectivity index (χ2n) is 6.06. The molecule has 1 aliphatic carbocycles. The smallest absolute Gasteiger partial charge is 0.142 e. The number of aromatic hydroxyl groups is 1. The second kappa shape index (κ2) is 4.48. The predicted molar refractivity (Wildman–Crippen MR) is 77.6 cm³/mol. The van der Waals surface area contributed by atoms with Crippen LogP contribution in [0.25, 0.3) is 0 Å². The van der Waals surface area contributed by atoms with E-state index in [0.717, 1.165) is 41.0 Å². The SMILES string of the molecule is Cc1cc2c(c(C)c1O)C(=NC(C)O)CC1(CCC1)O2. The summed E-state index contributed by atoms with van der Waals surface area (Å²) in [5.41, 5.74) is 3.17. The molecule has 1 fully saturated rings. The molecule has 4 heteroatoms. The lowest BCUT2D eigenvalue weighted by Gasteiger charge is -2.46. The molecule has 4 nitrogen and oxygen atoms in total. The minimum atomic E-state index is -0.740. The number of aliphatic imine (C=N–C) groups is 1. The van der Waals surface area contributed by atoms with E-state index in [1.165, 1.54) is 6.42 Å². The Morgan fingerprint density at radius 2 is 2.05 bits per heavy atom. The molecule has 0 saturated heterocycles. The molecular weight excluding hydrogens is 254 g/mol. The Balaban J connectivity index is 2.17. The molecule has 0 aromatic heterocycles. The zero-order chi connectivity index (χ0) is 14.5. The van der Waals surface area contributed by atoms with Gasteiger partial charge in [-0.2, -0.15) is 0 Å². The van der Waals surface area contributed by atoms with Gasteiger partial charge in [-0.3, -0.25) is 4.99 Å². The standard InChI is InChI=1S/C16H21NO3/c1-9-7-13-14(10(2)15(9)19)12(17-11(3)18)8-16(20-13)5-4-6-16/h7,11,18-19H,4-6,8H2,1-3H3. The van der Waals surface area contributed by atoms with Crippen LogP contribution in [0.3, 0.4) is 0 Å². The molecule has 1 heterocycles. The molecule has 3 rings (SSSR count). The first kappa shape index (κ1) is 13.4. The van der Waals surface area contributed by atoms with Crippen molar-refractivity contribution in [2.75, 3.05) is 0 Å². The first-order chi connectivity index (χ1) is 9.42. The summed E-state index contributed by atoms with van der Waals surface area (Å²) in [6, 6.07) is 1.88. The van der Waals surface area contributed by atoms with Crippen molar-refractivity contribution in [3.05, 3.63) is 22.8 Å². The van der Waals surface area contributed by atoms with Crippen LogP contribution < -0.4 is 4.74 Å². The third-order valence-corrected chi connectivity index (χ3v) is 4.41. The van der Waals surface area contributed by atoms with Gasteiger partial charge in [0.15, 0.2) is 0 Å². The van der Waals surface area contributed by atoms with Gasteiger partial charge >= 0.3 is 0 Å². The normalized spacial score (nSPS) is 23.1. The van der Waals surface area contributed by atoms with Gasteiger partial charge in [0.05, 0.1) is 5.71 Å². The minimum Gasteiger partial charge on any atom is -0.507 e. The lowest BCUT2D eigenvalue weighted by molar-refractivity contribution is -0.00521. The molecule has 2 aliphatic rings. The van der Waals surface area contributed by atoms with Crippen molar-refractivity contribution in [3.63, 3.8) is 0 Å². The highest BCUT2D eigenvalue weighted by atomic mass is 16.5. The average Bonchev–Trinajstić information content (AvgIpc) is 2.32. The molecule has 1 saturated carbocycles. The molecule has 0 amide bonds. The number of hydrogen-bond acceptors (Lipinski definition) is 4. The molecule has 0 bridgehead atoms. The topological polar surface area (TPSA) is 62.1 Å². The van der Waals surface area contributed by atoms with Crippen molar-refractivity contribution < 1.29 is 14.9 Å². The van der Waals surface area contributed by atoms with Crippen LogP contribution in [0.4, 0.5) is 0 Å². The van der Waals surface area contributed by atoms with Gasteiger partial charge in [0.2, 0.25) is 0 Å². The van der Waals surface area contributed by atoms with Crippen molar-refractivity contribution in [1.82, 2.24) is 0 Å². The summed E-state index contributed by atoms with van der Waals surface area (Å²) in [4.78, 5) is 4.37. The van der Waals surface area contributed by atoms with Crippen LogP contribution in [0.15, 0.2) is 11.1 Å². The zero-order valence-corrected chi connectivity index (χ0v) is 12.2. The number of phenols is 1. The van der Waals surface area contributed by atoms with Crippen LogP contribution in [0, 0.1) is 13.8 Å². The second-order valence-corrected chi connectivity index (χ2v) is 6.06. The number of phenolic OH excluding ortho intramolecular Hbond substituents is 1. The van der Waals surface area contributed by atoms with Crippen molar-refractivity contribution in [2.24, 2.45) is 4.99 Å². The quantitative estimate of drug-likeness (QED) is 0.828. The molecule has 1 aromatic carbocycles. The van der Waals surface area contributed by atoms with Crippen LogP contribution in [0.2, 0.25) is 0 Å². The van der Waals surface area contributed by atoms with E-state index in [4.69, 9.17) is 4.74 Å². The Hall–Kier alpha value is -1.55. The van der Waals surface area contributed by atoms with E-state index in [2.05, 4.69) is 4.99 Å². The van der Waals surface area contributed by atoms with Gasteiger partial charge in [-0.15, -0.1) is 0 Å². The van der Waals surface area contributed by atoms with Crippen LogP contribution in [0.1, 0.15) is 49.3 Å². The molecule has 108 valence electrons. The fourth-order valence-electron chi connectivity index (χ4n) is 3.22. The fraction of sp³-hybridized carbons (Fsp3) is 0.562. The van der Waals surface area contributed by atoms with E-state index in [9.17, 15) is 10.2 Å². The number of aliphatic hydroxyl groups excluding tert-OH is 1. The van der Waals surface area contributed by atoms with Crippen molar-refractivity contribution >= 4 is 5.71 Å². The molecule has 2 N–H and O–H groups in total. The third kappa shape index (κ3) is 1.99. The monoisotopic (exact) mass is 275 g/mol. The summed E-state index contributed by atoms with van der Waals surface area (Å²) in [7, 11) is 0. The summed E-state index contributed by atoms with van der Waals surface area (Å²) in [5.74, 6) is 1.08. The van der Waals surface area contributed by atoms with Gasteiger partial charge in [-0.25, -0.2) is 0 Å². The molecule has 0 radical (unpaired) electrons. The average molecular weight is 275 g/mol. The highest BCUT2D eigenvalue weighted by Gasteiger charge is 2.45. The van der Waals surface area contributed by atoms with E-state index in [0.29, 0.717) is 6.42 Å². The van der Waals surface area contributed by atoms with Crippen LogP contribution in [-0.2, 0) is 0 Å². The largest absolute Gasteiger partial charge is 0.507 e. The maximum absolute atomic E-state index is 10.1. The van der Waals surface area contributed by atoms with Crippen LogP contribution in [-0.4, -0.2) is 27.8 Å². The van der Waals surface area contributed by atoms with Crippen LogP contribution >= 0.6 is 0 Å². The number of benzene rings is 1. The van der Waals surface area contributed by atoms with Gasteiger partial charge in [-0.05, 0) is 51.7 Å². The van der Waals surface area contributed by atoms with Crippen molar-refractivity contribution in [3.8, 4) is 11.5 Å². The molecule has 20 heavy (non-hydrogen) atoms. The Bertz CT molecular complexity index is 586. The zero-order valence-electron chi connectivity index (χ0n) is 12.2. The molecule has 1 aliphatic heterocycles. The number of hydrogen-bond donors (Lipinski definition) is 2. The molecule has 1 atom stereocenters. The highest BCUT2D eigenvalue weighted by Crippen LogP contribution is 2.47. The number of aliphatic hydroxyl groups is 1. The number of fused-ring (bicyclic) bond motifs is 1. The van der Waals surface area contributed by atoms with E-state index < -0.39 is 6.23 Å². The Morgan fingerprint density at radius 1 is 1.35 bits per heavy atom. The predicted octanol–water partition coefficient (Wildman–Crippen LogP) is 2.84. The number of rotatable bonds is 1. The highest BCUT2D eigenvalue weighted by molar-refractivity contribution is 6.06. The Labute approximate surface area is 119 Å². The van der Waals surface area contributed by atoms with Gasteiger partial charge in [-0.1, -0.05) is 0 Å². The molecule has 1 spiro atoms. The summed E-state index contributed by atoms with van der Waals surface area (Å²) >= 11 is 0. The molecule has 1 aromatic rings. The maximum Gasteiger partial charge on any atom is 0.142 e.